The molecule has 0 radical (unpaired) electrons. The van der Waals surface area contributed by atoms with Gasteiger partial charge in [0.1, 0.15) is 0 Å². The Morgan fingerprint density at radius 3 is 2.47 bits per heavy atom. The second kappa shape index (κ2) is 10.4. The number of amides is 1. The fourth-order valence-corrected chi connectivity index (χ4v) is 6.06. The zero-order chi connectivity index (χ0) is 23.7. The van der Waals surface area contributed by atoms with Crippen LogP contribution in [0.4, 0.5) is 0 Å². The third-order valence-electron chi connectivity index (χ3n) is 7.02. The summed E-state index contributed by atoms with van der Waals surface area (Å²) in [5, 5.41) is 12.2. The fourth-order valence-electron chi connectivity index (χ4n) is 4.86. The highest BCUT2D eigenvalue weighted by atomic mass is 35.5. The van der Waals surface area contributed by atoms with E-state index in [-0.39, 0.29) is 11.4 Å². The summed E-state index contributed by atoms with van der Waals surface area (Å²) >= 11 is 7.75. The average Bonchev–Trinajstić information content (AvgIpc) is 3.43. The maximum atomic E-state index is 13.1. The van der Waals surface area contributed by atoms with Crippen molar-refractivity contribution in [2.45, 2.75) is 18.3 Å². The molecule has 4 heterocycles. The van der Waals surface area contributed by atoms with Gasteiger partial charge in [-0.05, 0) is 56.4 Å². The van der Waals surface area contributed by atoms with Crippen LogP contribution in [0.3, 0.4) is 0 Å². The van der Waals surface area contributed by atoms with Gasteiger partial charge in [-0.15, -0.1) is 5.10 Å². The van der Waals surface area contributed by atoms with Crippen LogP contribution < -0.4 is 5.32 Å². The summed E-state index contributed by atoms with van der Waals surface area (Å²) in [5.41, 5.74) is 2.25. The van der Waals surface area contributed by atoms with E-state index in [0.717, 1.165) is 86.7 Å². The number of carbonyl (C=O) groups excluding carboxylic acids is 1. The molecule has 0 bridgehead atoms. The maximum absolute atomic E-state index is 13.1. The first-order valence-electron chi connectivity index (χ1n) is 12.1. The predicted molar refractivity (Wildman–Crippen MR) is 139 cm³/mol. The summed E-state index contributed by atoms with van der Waals surface area (Å²) in [4.78, 5) is 22.2. The minimum Gasteiger partial charge on any atom is -0.353 e. The standard InChI is InChI=1S/C24H34ClN7OS/c1-28(2)11-12-29-13-15-30(16-14-29)22(33)19-7-9-31(10-8-19)24-27-32-17-21(26-23(32)34-24)18-3-5-20(25)6-4-18/h3-6,17,19,23,26H,7-16H2,1-2H3. The summed E-state index contributed by atoms with van der Waals surface area (Å²) in [5.74, 6) is 0.497. The molecule has 0 spiro atoms. The summed E-state index contributed by atoms with van der Waals surface area (Å²) in [6, 6.07) is 7.84. The SMILES string of the molecule is CN(C)CCN1CCN(C(=O)C2CCN(C3=NN4C=C(c5ccc(Cl)cc5)NC4S3)CC2)CC1. The van der Waals surface area contributed by atoms with Gasteiger partial charge >= 0.3 is 0 Å². The van der Waals surface area contributed by atoms with Crippen molar-refractivity contribution in [1.29, 1.82) is 0 Å². The monoisotopic (exact) mass is 503 g/mol. The third-order valence-corrected chi connectivity index (χ3v) is 8.38. The maximum Gasteiger partial charge on any atom is 0.225 e. The Kier molecular flexibility index (Phi) is 7.24. The van der Waals surface area contributed by atoms with Gasteiger partial charge in [0.25, 0.3) is 0 Å². The van der Waals surface area contributed by atoms with E-state index >= 15 is 0 Å². The number of carbonyl (C=O) groups is 1. The predicted octanol–water partition coefficient (Wildman–Crippen LogP) is 2.26. The van der Waals surface area contributed by atoms with E-state index in [1.807, 2.05) is 29.3 Å². The number of likely N-dealkylation sites (N-methyl/N-ethyl adjacent to an activating group) is 1. The lowest BCUT2D eigenvalue weighted by molar-refractivity contribution is -0.138. The lowest BCUT2D eigenvalue weighted by atomic mass is 9.95. The molecule has 0 aliphatic carbocycles. The molecule has 184 valence electrons. The van der Waals surface area contributed by atoms with Crippen molar-refractivity contribution in [2.75, 3.05) is 66.5 Å². The van der Waals surface area contributed by atoms with Gasteiger partial charge in [-0.1, -0.05) is 23.7 Å². The Bertz CT molecular complexity index is 937. The molecule has 5 rings (SSSR count). The lowest BCUT2D eigenvalue weighted by Crippen LogP contribution is -2.52. The number of thioether (sulfide) groups is 1. The van der Waals surface area contributed by atoms with Crippen molar-refractivity contribution < 1.29 is 4.79 Å². The van der Waals surface area contributed by atoms with Crippen LogP contribution in [0, 0.1) is 5.92 Å². The van der Waals surface area contributed by atoms with Crippen LogP contribution in [-0.2, 0) is 4.79 Å². The van der Waals surface area contributed by atoms with Gasteiger partial charge in [-0.2, -0.15) is 0 Å². The second-order valence-electron chi connectivity index (χ2n) is 9.66. The molecule has 1 aromatic carbocycles. The van der Waals surface area contributed by atoms with Gasteiger partial charge < -0.3 is 20.0 Å². The average molecular weight is 504 g/mol. The number of halogens is 1. The molecule has 2 saturated heterocycles. The van der Waals surface area contributed by atoms with E-state index in [1.54, 1.807) is 11.8 Å². The summed E-state index contributed by atoms with van der Waals surface area (Å²) < 4.78 is 0. The van der Waals surface area contributed by atoms with Crippen molar-refractivity contribution in [1.82, 2.24) is 29.9 Å². The molecule has 8 nitrogen and oxygen atoms in total. The fraction of sp³-hybridized carbons (Fsp3) is 0.583. The summed E-state index contributed by atoms with van der Waals surface area (Å²) in [6.07, 6.45) is 3.87. The van der Waals surface area contributed by atoms with Crippen LogP contribution >= 0.6 is 23.4 Å². The number of piperazine rings is 1. The minimum atomic E-state index is 0.0869. The Balaban J connectivity index is 1.09. The van der Waals surface area contributed by atoms with Crippen LogP contribution in [0.5, 0.6) is 0 Å². The second-order valence-corrected chi connectivity index (χ2v) is 11.1. The number of hydrogen-bond acceptors (Lipinski definition) is 8. The van der Waals surface area contributed by atoms with Gasteiger partial charge in [0.15, 0.2) is 10.7 Å². The number of hydrogen-bond donors (Lipinski definition) is 1. The van der Waals surface area contributed by atoms with E-state index in [4.69, 9.17) is 16.7 Å². The molecule has 2 fully saturated rings. The van der Waals surface area contributed by atoms with E-state index in [2.05, 4.69) is 45.2 Å². The molecule has 0 saturated carbocycles. The van der Waals surface area contributed by atoms with Crippen LogP contribution in [0.15, 0.2) is 35.6 Å². The van der Waals surface area contributed by atoms with Crippen molar-refractivity contribution in [3.8, 4) is 0 Å². The highest BCUT2D eigenvalue weighted by Crippen LogP contribution is 2.35. The zero-order valence-corrected chi connectivity index (χ0v) is 21.6. The number of likely N-dealkylation sites (tertiary alicyclic amines) is 1. The van der Waals surface area contributed by atoms with Crippen LogP contribution in [0.2, 0.25) is 5.02 Å². The molecule has 1 unspecified atom stereocenters. The Morgan fingerprint density at radius 2 is 1.82 bits per heavy atom. The summed E-state index contributed by atoms with van der Waals surface area (Å²) in [6.45, 7) is 7.62. The van der Waals surface area contributed by atoms with Crippen LogP contribution in [0.25, 0.3) is 5.70 Å². The Morgan fingerprint density at radius 1 is 1.12 bits per heavy atom. The molecule has 1 N–H and O–H groups in total. The van der Waals surface area contributed by atoms with Gasteiger partial charge in [-0.3, -0.25) is 9.69 Å². The molecule has 0 aromatic heterocycles. The molecular formula is C24H34ClN7OS. The first-order chi connectivity index (χ1) is 16.5. The molecule has 10 heteroatoms. The zero-order valence-electron chi connectivity index (χ0n) is 20.0. The topological polar surface area (TPSA) is 57.7 Å². The van der Waals surface area contributed by atoms with Gasteiger partial charge in [0.05, 0.1) is 11.9 Å². The molecule has 1 amide bonds. The van der Waals surface area contributed by atoms with E-state index in [1.165, 1.54) is 0 Å². The van der Waals surface area contributed by atoms with Crippen LogP contribution in [0.1, 0.15) is 18.4 Å². The van der Waals surface area contributed by atoms with Gasteiger partial charge in [0, 0.05) is 63.3 Å². The van der Waals surface area contributed by atoms with Crippen molar-refractivity contribution >= 4 is 40.1 Å². The smallest absolute Gasteiger partial charge is 0.225 e. The molecule has 34 heavy (non-hydrogen) atoms. The Labute approximate surface area is 211 Å². The van der Waals surface area contributed by atoms with E-state index in [9.17, 15) is 4.79 Å². The van der Waals surface area contributed by atoms with E-state index in [0.29, 0.717) is 5.91 Å². The van der Waals surface area contributed by atoms with Crippen molar-refractivity contribution in [2.24, 2.45) is 11.0 Å². The Hall–Kier alpha value is -1.94. The quantitative estimate of drug-likeness (QED) is 0.661. The molecule has 1 aromatic rings. The third kappa shape index (κ3) is 5.32. The number of amidine groups is 1. The van der Waals surface area contributed by atoms with E-state index < -0.39 is 0 Å². The van der Waals surface area contributed by atoms with Crippen LogP contribution in [-0.4, -0.2) is 108 Å². The normalized spacial score (nSPS) is 23.8. The minimum absolute atomic E-state index is 0.0869. The first-order valence-corrected chi connectivity index (χ1v) is 13.4. The number of hydrazone groups is 1. The highest BCUT2D eigenvalue weighted by molar-refractivity contribution is 8.14. The number of nitrogens with zero attached hydrogens (tertiary/aromatic N) is 6. The number of piperidine rings is 1. The number of benzene rings is 1. The highest BCUT2D eigenvalue weighted by Gasteiger charge is 2.37. The number of fused-ring (bicyclic) bond motifs is 1. The number of rotatable bonds is 5. The molecular weight excluding hydrogens is 470 g/mol. The number of nitrogens with one attached hydrogen (secondary N) is 1. The molecule has 4 aliphatic heterocycles. The van der Waals surface area contributed by atoms with Crippen molar-refractivity contribution in [3.05, 3.63) is 41.1 Å². The van der Waals surface area contributed by atoms with Gasteiger partial charge in [0.2, 0.25) is 5.91 Å². The van der Waals surface area contributed by atoms with Crippen molar-refractivity contribution in [3.63, 3.8) is 0 Å². The summed E-state index contributed by atoms with van der Waals surface area (Å²) in [7, 11) is 4.22. The van der Waals surface area contributed by atoms with Gasteiger partial charge in [-0.25, -0.2) is 5.01 Å². The lowest BCUT2D eigenvalue weighted by Gasteiger charge is -2.39. The molecule has 4 aliphatic rings. The molecule has 1 atom stereocenters. The largest absolute Gasteiger partial charge is 0.353 e. The first kappa shape index (κ1) is 23.8.